The molecule has 1 heterocycles. The Hall–Kier alpha value is -0.130. The molecule has 0 N–H and O–H groups in total. The van der Waals surface area contributed by atoms with E-state index in [9.17, 15) is 8.42 Å². The molecule has 1 fully saturated rings. The van der Waals surface area contributed by atoms with E-state index in [1.54, 1.807) is 0 Å². The largest absolute Gasteiger partial charge is 0.380 e. The lowest BCUT2D eigenvalue weighted by Gasteiger charge is -2.08. The average molecular weight is 165 g/mol. The molecule has 10 heavy (non-hydrogen) atoms. The highest BCUT2D eigenvalue weighted by Crippen LogP contribution is 1.97. The lowest BCUT2D eigenvalue weighted by Crippen LogP contribution is -2.24. The van der Waals surface area contributed by atoms with E-state index in [0.717, 1.165) is 6.42 Å². The summed E-state index contributed by atoms with van der Waals surface area (Å²) in [5.41, 5.74) is 0. The SMILES string of the molecule is O=[SH](=O)N1CCCOCC1. The minimum atomic E-state index is -2.38. The fourth-order valence-electron chi connectivity index (χ4n) is 0.896. The molecule has 0 aromatic heterocycles. The minimum absolute atomic E-state index is 0.513. The van der Waals surface area contributed by atoms with Gasteiger partial charge in [-0.25, -0.2) is 12.7 Å². The van der Waals surface area contributed by atoms with Crippen LogP contribution in [0.3, 0.4) is 0 Å². The summed E-state index contributed by atoms with van der Waals surface area (Å²) in [7, 11) is -2.38. The van der Waals surface area contributed by atoms with Crippen molar-refractivity contribution < 1.29 is 13.2 Å². The van der Waals surface area contributed by atoms with Crippen LogP contribution < -0.4 is 0 Å². The summed E-state index contributed by atoms with van der Waals surface area (Å²) in [4.78, 5) is 0. The van der Waals surface area contributed by atoms with Gasteiger partial charge in [-0.3, -0.25) is 0 Å². The molecule has 0 atom stereocenters. The van der Waals surface area contributed by atoms with Crippen LogP contribution in [0.5, 0.6) is 0 Å². The Balaban J connectivity index is 2.43. The molecule has 0 aromatic rings. The minimum Gasteiger partial charge on any atom is -0.380 e. The highest BCUT2D eigenvalue weighted by Gasteiger charge is 2.09. The predicted octanol–water partition coefficient (Wildman–Crippen LogP) is -0.765. The first-order valence-electron chi connectivity index (χ1n) is 3.27. The number of nitrogens with zero attached hydrogens (tertiary/aromatic N) is 1. The number of hydrogen-bond donors (Lipinski definition) is 1. The number of rotatable bonds is 1. The van der Waals surface area contributed by atoms with Crippen molar-refractivity contribution in [3.63, 3.8) is 0 Å². The van der Waals surface area contributed by atoms with Crippen molar-refractivity contribution in [2.45, 2.75) is 6.42 Å². The third kappa shape index (κ3) is 2.24. The zero-order valence-electron chi connectivity index (χ0n) is 5.65. The summed E-state index contributed by atoms with van der Waals surface area (Å²) in [6.07, 6.45) is 0.809. The van der Waals surface area contributed by atoms with Crippen LogP contribution in [-0.4, -0.2) is 39.0 Å². The zero-order chi connectivity index (χ0) is 7.40. The van der Waals surface area contributed by atoms with E-state index in [1.807, 2.05) is 0 Å². The van der Waals surface area contributed by atoms with E-state index in [-0.39, 0.29) is 0 Å². The zero-order valence-corrected chi connectivity index (χ0v) is 6.55. The maximum Gasteiger partial charge on any atom is 0.204 e. The van der Waals surface area contributed by atoms with Gasteiger partial charge in [0.05, 0.1) is 6.61 Å². The van der Waals surface area contributed by atoms with Gasteiger partial charge >= 0.3 is 0 Å². The molecule has 0 bridgehead atoms. The van der Waals surface area contributed by atoms with Gasteiger partial charge < -0.3 is 4.74 Å². The summed E-state index contributed by atoms with van der Waals surface area (Å²) in [5.74, 6) is 0. The fraction of sp³-hybridized carbons (Fsp3) is 1.00. The molecular formula is C5H11NO3S. The van der Waals surface area contributed by atoms with Crippen LogP contribution in [0.2, 0.25) is 0 Å². The van der Waals surface area contributed by atoms with Gasteiger partial charge in [-0.15, -0.1) is 0 Å². The van der Waals surface area contributed by atoms with Gasteiger partial charge in [0.15, 0.2) is 0 Å². The lowest BCUT2D eigenvalue weighted by atomic mass is 10.5. The molecule has 60 valence electrons. The van der Waals surface area contributed by atoms with Crippen molar-refractivity contribution in [3.8, 4) is 0 Å². The number of hydrogen-bond acceptors (Lipinski definition) is 3. The van der Waals surface area contributed by atoms with Gasteiger partial charge in [0.1, 0.15) is 0 Å². The summed E-state index contributed by atoms with van der Waals surface area (Å²) in [6.45, 7) is 2.33. The standard InChI is InChI=1S/C5H11NO3S/c7-10(8)6-2-1-4-9-5-3-6/h10H,1-5H2. The molecule has 0 radical (unpaired) electrons. The molecule has 1 aliphatic rings. The van der Waals surface area contributed by atoms with Gasteiger partial charge in [-0.2, -0.15) is 0 Å². The van der Waals surface area contributed by atoms with Crippen molar-refractivity contribution in [2.75, 3.05) is 26.3 Å². The van der Waals surface area contributed by atoms with Crippen LogP contribution in [0.4, 0.5) is 0 Å². The molecule has 1 saturated heterocycles. The van der Waals surface area contributed by atoms with Crippen LogP contribution >= 0.6 is 0 Å². The van der Waals surface area contributed by atoms with Crippen LogP contribution in [0, 0.1) is 0 Å². The van der Waals surface area contributed by atoms with E-state index in [2.05, 4.69) is 0 Å². The molecule has 0 aliphatic carbocycles. The molecule has 0 saturated carbocycles. The summed E-state index contributed by atoms with van der Waals surface area (Å²) in [5, 5.41) is 0. The van der Waals surface area contributed by atoms with Crippen molar-refractivity contribution in [1.82, 2.24) is 4.31 Å². The topological polar surface area (TPSA) is 46.6 Å². The second-order valence-corrected chi connectivity index (χ2v) is 3.20. The highest BCUT2D eigenvalue weighted by molar-refractivity contribution is 7.69. The van der Waals surface area contributed by atoms with E-state index < -0.39 is 10.9 Å². The van der Waals surface area contributed by atoms with Crippen LogP contribution in [0.15, 0.2) is 0 Å². The average Bonchev–Trinajstić information content (AvgIpc) is 2.12. The summed E-state index contributed by atoms with van der Waals surface area (Å²) >= 11 is 0. The Morgan fingerprint density at radius 3 is 2.70 bits per heavy atom. The fourth-order valence-corrected chi connectivity index (χ4v) is 1.45. The van der Waals surface area contributed by atoms with Crippen molar-refractivity contribution in [3.05, 3.63) is 0 Å². The normalized spacial score (nSPS) is 22.9. The Bertz CT molecular complexity index is 152. The first kappa shape index (κ1) is 7.97. The summed E-state index contributed by atoms with van der Waals surface area (Å²) in [6, 6.07) is 0. The number of ether oxygens (including phenoxy) is 1. The monoisotopic (exact) mass is 165 g/mol. The van der Waals surface area contributed by atoms with Crippen LogP contribution in [0.25, 0.3) is 0 Å². The van der Waals surface area contributed by atoms with E-state index in [1.165, 1.54) is 4.31 Å². The molecule has 4 nitrogen and oxygen atoms in total. The lowest BCUT2D eigenvalue weighted by molar-refractivity contribution is 0.148. The molecule has 0 aromatic carbocycles. The van der Waals surface area contributed by atoms with E-state index in [0.29, 0.717) is 26.3 Å². The quantitative estimate of drug-likeness (QED) is 0.519. The number of thiol groups is 1. The Morgan fingerprint density at radius 2 is 2.00 bits per heavy atom. The molecule has 0 amide bonds. The van der Waals surface area contributed by atoms with Gasteiger partial charge in [0, 0.05) is 19.7 Å². The predicted molar refractivity (Wildman–Crippen MR) is 37.3 cm³/mol. The van der Waals surface area contributed by atoms with Crippen molar-refractivity contribution >= 4 is 10.9 Å². The van der Waals surface area contributed by atoms with Crippen molar-refractivity contribution in [1.29, 1.82) is 0 Å². The maximum absolute atomic E-state index is 10.4. The maximum atomic E-state index is 10.4. The third-order valence-corrected chi connectivity index (χ3v) is 2.29. The smallest absolute Gasteiger partial charge is 0.204 e. The van der Waals surface area contributed by atoms with E-state index >= 15 is 0 Å². The van der Waals surface area contributed by atoms with E-state index in [4.69, 9.17) is 4.74 Å². The molecule has 1 rings (SSSR count). The van der Waals surface area contributed by atoms with Crippen molar-refractivity contribution in [2.24, 2.45) is 0 Å². The Labute approximate surface area is 61.9 Å². The second-order valence-electron chi connectivity index (χ2n) is 2.16. The Kier molecular flexibility index (Phi) is 3.11. The van der Waals surface area contributed by atoms with Crippen LogP contribution in [-0.2, 0) is 15.6 Å². The first-order chi connectivity index (χ1) is 4.80. The summed E-state index contributed by atoms with van der Waals surface area (Å²) < 4.78 is 27.3. The van der Waals surface area contributed by atoms with Gasteiger partial charge in [0.2, 0.25) is 10.9 Å². The Morgan fingerprint density at radius 1 is 1.20 bits per heavy atom. The van der Waals surface area contributed by atoms with Crippen LogP contribution in [0.1, 0.15) is 6.42 Å². The molecule has 5 heteroatoms. The second kappa shape index (κ2) is 3.90. The van der Waals surface area contributed by atoms with Gasteiger partial charge in [0.25, 0.3) is 0 Å². The molecule has 1 aliphatic heterocycles. The third-order valence-electron chi connectivity index (χ3n) is 1.43. The highest BCUT2D eigenvalue weighted by atomic mass is 32.2. The van der Waals surface area contributed by atoms with Gasteiger partial charge in [-0.05, 0) is 6.42 Å². The molecule has 0 spiro atoms. The first-order valence-corrected chi connectivity index (χ1v) is 4.41. The molecular weight excluding hydrogens is 154 g/mol. The molecule has 0 unspecified atom stereocenters. The van der Waals surface area contributed by atoms with Gasteiger partial charge in [-0.1, -0.05) is 0 Å².